The number of carbonyl (C=O) groups is 1. The van der Waals surface area contributed by atoms with Crippen LogP contribution in [-0.4, -0.2) is 37.4 Å². The Morgan fingerprint density at radius 2 is 2.00 bits per heavy atom. The van der Waals surface area contributed by atoms with Crippen molar-refractivity contribution in [2.75, 3.05) is 26.4 Å². The van der Waals surface area contributed by atoms with E-state index >= 15 is 0 Å². The third-order valence-electron chi connectivity index (χ3n) is 4.12. The molecule has 1 amide bonds. The van der Waals surface area contributed by atoms with Crippen molar-refractivity contribution in [2.45, 2.75) is 19.8 Å². The van der Waals surface area contributed by atoms with Crippen LogP contribution in [0.2, 0.25) is 5.02 Å². The molecule has 22 heavy (non-hydrogen) atoms. The maximum atomic E-state index is 12.2. The van der Waals surface area contributed by atoms with Crippen LogP contribution < -0.4 is 5.32 Å². The Balaban J connectivity index is 1.94. The van der Waals surface area contributed by atoms with Crippen LogP contribution in [0.15, 0.2) is 29.8 Å². The molecule has 120 valence electrons. The van der Waals surface area contributed by atoms with Crippen LogP contribution in [0, 0.1) is 5.41 Å². The molecular formula is C17H22ClNO3. The maximum absolute atomic E-state index is 12.2. The minimum absolute atomic E-state index is 0.0661. The summed E-state index contributed by atoms with van der Waals surface area (Å²) in [6.45, 7) is 3.58. The number of hydrogen-bond donors (Lipinski definition) is 2. The molecule has 0 radical (unpaired) electrons. The first-order valence-electron chi connectivity index (χ1n) is 7.45. The van der Waals surface area contributed by atoms with E-state index in [-0.39, 0.29) is 17.9 Å². The van der Waals surface area contributed by atoms with Crippen molar-refractivity contribution in [2.24, 2.45) is 5.41 Å². The third-order valence-corrected chi connectivity index (χ3v) is 4.38. The third kappa shape index (κ3) is 4.57. The highest BCUT2D eigenvalue weighted by Gasteiger charge is 2.32. The molecule has 2 rings (SSSR count). The van der Waals surface area contributed by atoms with Gasteiger partial charge >= 0.3 is 0 Å². The Bertz CT molecular complexity index is 533. The minimum atomic E-state index is -0.255. The molecule has 5 heteroatoms. The molecule has 0 bridgehead atoms. The Hall–Kier alpha value is -1.36. The van der Waals surface area contributed by atoms with Gasteiger partial charge < -0.3 is 15.2 Å². The van der Waals surface area contributed by atoms with Gasteiger partial charge in [-0.1, -0.05) is 23.7 Å². The van der Waals surface area contributed by atoms with E-state index in [1.165, 1.54) is 0 Å². The average molecular weight is 324 g/mol. The molecule has 0 unspecified atom stereocenters. The summed E-state index contributed by atoms with van der Waals surface area (Å²) >= 11 is 5.84. The van der Waals surface area contributed by atoms with Crippen LogP contribution in [0.25, 0.3) is 6.08 Å². The first-order valence-corrected chi connectivity index (χ1v) is 7.83. The highest BCUT2D eigenvalue weighted by Crippen LogP contribution is 2.29. The Morgan fingerprint density at radius 3 is 2.59 bits per heavy atom. The molecule has 1 aromatic carbocycles. The van der Waals surface area contributed by atoms with Crippen molar-refractivity contribution >= 4 is 23.6 Å². The first-order chi connectivity index (χ1) is 10.5. The van der Waals surface area contributed by atoms with E-state index in [9.17, 15) is 9.90 Å². The molecule has 4 nitrogen and oxygen atoms in total. The van der Waals surface area contributed by atoms with Crippen molar-refractivity contribution in [1.82, 2.24) is 5.32 Å². The molecular weight excluding hydrogens is 302 g/mol. The standard InChI is InChI=1S/C17H22ClNO3/c1-13(10-14-2-4-15(18)5-3-14)16(21)19-11-17(12-20)6-8-22-9-7-17/h2-5,10,20H,6-9,11-12H2,1H3,(H,19,21)/b13-10-. The largest absolute Gasteiger partial charge is 0.396 e. The van der Waals surface area contributed by atoms with E-state index in [0.717, 1.165) is 18.4 Å². The van der Waals surface area contributed by atoms with Gasteiger partial charge in [0, 0.05) is 35.8 Å². The molecule has 0 spiro atoms. The number of amides is 1. The van der Waals surface area contributed by atoms with Crippen molar-refractivity contribution in [1.29, 1.82) is 0 Å². The van der Waals surface area contributed by atoms with Gasteiger partial charge in [-0.3, -0.25) is 4.79 Å². The molecule has 0 aromatic heterocycles. The second-order valence-corrected chi connectivity index (χ2v) is 6.27. The fraction of sp³-hybridized carbons (Fsp3) is 0.471. The summed E-state index contributed by atoms with van der Waals surface area (Å²) in [4.78, 5) is 12.2. The van der Waals surface area contributed by atoms with Gasteiger partial charge in [-0.05, 0) is 43.5 Å². The smallest absolute Gasteiger partial charge is 0.246 e. The normalized spacial score (nSPS) is 18.0. The van der Waals surface area contributed by atoms with E-state index in [2.05, 4.69) is 5.32 Å². The molecule has 0 atom stereocenters. The summed E-state index contributed by atoms with van der Waals surface area (Å²) in [5.41, 5.74) is 1.30. The number of nitrogens with one attached hydrogen (secondary N) is 1. The van der Waals surface area contributed by atoms with Gasteiger partial charge in [0.1, 0.15) is 0 Å². The lowest BCUT2D eigenvalue weighted by atomic mass is 9.81. The second-order valence-electron chi connectivity index (χ2n) is 5.83. The number of halogens is 1. The van der Waals surface area contributed by atoms with Gasteiger partial charge in [0.2, 0.25) is 5.91 Å². The topological polar surface area (TPSA) is 58.6 Å². The summed E-state index contributed by atoms with van der Waals surface area (Å²) in [6.07, 6.45) is 3.36. The zero-order valence-corrected chi connectivity index (χ0v) is 13.5. The van der Waals surface area contributed by atoms with Gasteiger partial charge in [0.05, 0.1) is 6.61 Å². The molecule has 1 saturated heterocycles. The summed E-state index contributed by atoms with van der Waals surface area (Å²) in [7, 11) is 0. The van der Waals surface area contributed by atoms with E-state index in [1.54, 1.807) is 19.1 Å². The molecule has 1 heterocycles. The lowest BCUT2D eigenvalue weighted by Crippen LogP contribution is -2.43. The maximum Gasteiger partial charge on any atom is 0.246 e. The van der Waals surface area contributed by atoms with Crippen molar-refractivity contribution in [3.05, 3.63) is 40.4 Å². The lowest BCUT2D eigenvalue weighted by Gasteiger charge is -2.35. The monoisotopic (exact) mass is 323 g/mol. The number of rotatable bonds is 5. The summed E-state index contributed by atoms with van der Waals surface area (Å²) < 4.78 is 5.32. The van der Waals surface area contributed by atoms with Gasteiger partial charge in [-0.25, -0.2) is 0 Å². The number of benzene rings is 1. The molecule has 0 aliphatic carbocycles. The molecule has 1 aliphatic heterocycles. The highest BCUT2D eigenvalue weighted by atomic mass is 35.5. The summed E-state index contributed by atoms with van der Waals surface area (Å²) in [5, 5.41) is 13.2. The van der Waals surface area contributed by atoms with E-state index in [4.69, 9.17) is 16.3 Å². The Morgan fingerprint density at radius 1 is 1.36 bits per heavy atom. The lowest BCUT2D eigenvalue weighted by molar-refractivity contribution is -0.118. The van der Waals surface area contributed by atoms with Crippen LogP contribution in [0.3, 0.4) is 0 Å². The zero-order valence-electron chi connectivity index (χ0n) is 12.8. The van der Waals surface area contributed by atoms with E-state index in [1.807, 2.05) is 18.2 Å². The van der Waals surface area contributed by atoms with Crippen LogP contribution in [0.4, 0.5) is 0 Å². The number of carbonyl (C=O) groups excluding carboxylic acids is 1. The highest BCUT2D eigenvalue weighted by molar-refractivity contribution is 6.30. The van der Waals surface area contributed by atoms with Crippen LogP contribution in [0.1, 0.15) is 25.3 Å². The molecule has 1 aromatic rings. The number of ether oxygens (including phenoxy) is 1. The zero-order chi connectivity index (χ0) is 16.0. The van der Waals surface area contributed by atoms with Crippen molar-refractivity contribution in [3.63, 3.8) is 0 Å². The van der Waals surface area contributed by atoms with Gasteiger partial charge in [0.15, 0.2) is 0 Å². The van der Waals surface area contributed by atoms with E-state index in [0.29, 0.717) is 30.4 Å². The fourth-order valence-electron chi connectivity index (χ4n) is 2.48. The predicted molar refractivity (Wildman–Crippen MR) is 87.7 cm³/mol. The fourth-order valence-corrected chi connectivity index (χ4v) is 2.60. The van der Waals surface area contributed by atoms with Gasteiger partial charge in [0.25, 0.3) is 0 Å². The Labute approximate surface area is 136 Å². The molecule has 1 fully saturated rings. The molecule has 0 saturated carbocycles. The number of aliphatic hydroxyl groups excluding tert-OH is 1. The van der Waals surface area contributed by atoms with Gasteiger partial charge in [-0.2, -0.15) is 0 Å². The molecule has 1 aliphatic rings. The first kappa shape index (κ1) is 17.0. The minimum Gasteiger partial charge on any atom is -0.396 e. The van der Waals surface area contributed by atoms with Gasteiger partial charge in [-0.15, -0.1) is 0 Å². The summed E-state index contributed by atoms with van der Waals surface area (Å²) in [6, 6.07) is 7.32. The summed E-state index contributed by atoms with van der Waals surface area (Å²) in [5.74, 6) is -0.116. The quantitative estimate of drug-likeness (QED) is 0.819. The van der Waals surface area contributed by atoms with Crippen molar-refractivity contribution in [3.8, 4) is 0 Å². The second kappa shape index (κ2) is 7.77. The average Bonchev–Trinajstić information content (AvgIpc) is 2.55. The van der Waals surface area contributed by atoms with Crippen LogP contribution in [-0.2, 0) is 9.53 Å². The SMILES string of the molecule is C/C(=C/c1ccc(Cl)cc1)C(=O)NCC1(CO)CCOCC1. The van der Waals surface area contributed by atoms with Crippen LogP contribution in [0.5, 0.6) is 0 Å². The molecule has 2 N–H and O–H groups in total. The van der Waals surface area contributed by atoms with Crippen LogP contribution >= 0.6 is 11.6 Å². The van der Waals surface area contributed by atoms with E-state index < -0.39 is 0 Å². The number of hydrogen-bond acceptors (Lipinski definition) is 3. The predicted octanol–water partition coefficient (Wildman–Crippen LogP) is 2.65. The van der Waals surface area contributed by atoms with Crippen molar-refractivity contribution < 1.29 is 14.6 Å². The number of aliphatic hydroxyl groups is 1. The Kier molecular flexibility index (Phi) is 6.00.